The molecular formula is C21H27N3O. The van der Waals surface area contributed by atoms with Crippen LogP contribution in [0.1, 0.15) is 16.7 Å². The van der Waals surface area contributed by atoms with Crippen LogP contribution < -0.4 is 10.2 Å². The standard InChI is InChI=1S/C21H27N3O/c1-16-6-4-8-19(14-16)22-15-21(25)24-12-10-23(11-13-24)20-9-5-7-17(2)18(20)3/h4-9,14,22H,10-13,15H2,1-3H3. The number of rotatable bonds is 4. The van der Waals surface area contributed by atoms with Crippen LogP contribution in [0, 0.1) is 20.8 Å². The van der Waals surface area contributed by atoms with Crippen molar-refractivity contribution in [3.05, 3.63) is 59.2 Å². The van der Waals surface area contributed by atoms with Gasteiger partial charge < -0.3 is 15.1 Å². The van der Waals surface area contributed by atoms with E-state index in [-0.39, 0.29) is 5.91 Å². The number of anilines is 2. The van der Waals surface area contributed by atoms with E-state index < -0.39 is 0 Å². The first-order valence-corrected chi connectivity index (χ1v) is 8.94. The number of aryl methyl sites for hydroxylation is 2. The second-order valence-electron chi connectivity index (χ2n) is 6.81. The molecule has 1 fully saturated rings. The minimum absolute atomic E-state index is 0.169. The zero-order valence-electron chi connectivity index (χ0n) is 15.4. The summed E-state index contributed by atoms with van der Waals surface area (Å²) in [5.41, 5.74) is 6.15. The maximum atomic E-state index is 12.5. The van der Waals surface area contributed by atoms with Gasteiger partial charge in [0.25, 0.3) is 0 Å². The number of amides is 1. The molecule has 0 saturated carbocycles. The Morgan fingerprint density at radius 2 is 1.72 bits per heavy atom. The molecule has 0 unspecified atom stereocenters. The van der Waals surface area contributed by atoms with E-state index in [4.69, 9.17) is 0 Å². The average molecular weight is 337 g/mol. The quantitative estimate of drug-likeness (QED) is 0.929. The first-order chi connectivity index (χ1) is 12.0. The molecule has 3 rings (SSSR count). The minimum atomic E-state index is 0.169. The number of nitrogens with one attached hydrogen (secondary N) is 1. The molecule has 0 atom stereocenters. The van der Waals surface area contributed by atoms with Crippen LogP contribution in [-0.2, 0) is 4.79 Å². The Bertz CT molecular complexity index is 749. The summed E-state index contributed by atoms with van der Waals surface area (Å²) in [6, 6.07) is 14.6. The van der Waals surface area contributed by atoms with Gasteiger partial charge in [0, 0.05) is 37.6 Å². The van der Waals surface area contributed by atoms with Crippen LogP contribution in [0.2, 0.25) is 0 Å². The Morgan fingerprint density at radius 1 is 1.00 bits per heavy atom. The lowest BCUT2D eigenvalue weighted by Crippen LogP contribution is -2.50. The van der Waals surface area contributed by atoms with Crippen LogP contribution in [0.3, 0.4) is 0 Å². The summed E-state index contributed by atoms with van der Waals surface area (Å²) in [4.78, 5) is 16.8. The molecule has 0 aliphatic carbocycles. The molecular weight excluding hydrogens is 310 g/mol. The Balaban J connectivity index is 1.53. The minimum Gasteiger partial charge on any atom is -0.376 e. The lowest BCUT2D eigenvalue weighted by molar-refractivity contribution is -0.129. The largest absolute Gasteiger partial charge is 0.376 e. The number of carbonyl (C=O) groups excluding carboxylic acids is 1. The lowest BCUT2D eigenvalue weighted by atomic mass is 10.1. The van der Waals surface area contributed by atoms with Gasteiger partial charge in [-0.25, -0.2) is 0 Å². The summed E-state index contributed by atoms with van der Waals surface area (Å²) >= 11 is 0. The van der Waals surface area contributed by atoms with Crippen molar-refractivity contribution in [3.8, 4) is 0 Å². The molecule has 0 radical (unpaired) electrons. The van der Waals surface area contributed by atoms with Gasteiger partial charge in [0.2, 0.25) is 5.91 Å². The molecule has 2 aromatic rings. The van der Waals surface area contributed by atoms with Gasteiger partial charge in [-0.3, -0.25) is 4.79 Å². The predicted molar refractivity (Wildman–Crippen MR) is 104 cm³/mol. The Labute approximate surface area is 150 Å². The molecule has 1 heterocycles. The molecule has 2 aromatic carbocycles. The molecule has 0 bridgehead atoms. The lowest BCUT2D eigenvalue weighted by Gasteiger charge is -2.37. The summed E-state index contributed by atoms with van der Waals surface area (Å²) in [5, 5.41) is 3.24. The highest BCUT2D eigenvalue weighted by Gasteiger charge is 2.22. The summed E-state index contributed by atoms with van der Waals surface area (Å²) in [7, 11) is 0. The summed E-state index contributed by atoms with van der Waals surface area (Å²) in [6.07, 6.45) is 0. The number of hydrogen-bond acceptors (Lipinski definition) is 3. The normalized spacial score (nSPS) is 14.5. The van der Waals surface area contributed by atoms with Crippen molar-refractivity contribution < 1.29 is 4.79 Å². The van der Waals surface area contributed by atoms with E-state index in [0.717, 1.165) is 31.9 Å². The maximum absolute atomic E-state index is 12.5. The maximum Gasteiger partial charge on any atom is 0.241 e. The van der Waals surface area contributed by atoms with Crippen molar-refractivity contribution in [3.63, 3.8) is 0 Å². The third kappa shape index (κ3) is 4.13. The van der Waals surface area contributed by atoms with Crippen molar-refractivity contribution in [2.45, 2.75) is 20.8 Å². The van der Waals surface area contributed by atoms with Crippen molar-refractivity contribution in [2.75, 3.05) is 42.9 Å². The van der Waals surface area contributed by atoms with Gasteiger partial charge in [-0.15, -0.1) is 0 Å². The SMILES string of the molecule is Cc1cccc(NCC(=O)N2CCN(c3cccc(C)c3C)CC2)c1. The van der Waals surface area contributed by atoms with Crippen LogP contribution in [0.5, 0.6) is 0 Å². The fourth-order valence-electron chi connectivity index (χ4n) is 3.32. The number of benzene rings is 2. The van der Waals surface area contributed by atoms with E-state index in [0.29, 0.717) is 6.54 Å². The Morgan fingerprint density at radius 3 is 2.44 bits per heavy atom. The smallest absolute Gasteiger partial charge is 0.241 e. The van der Waals surface area contributed by atoms with Crippen molar-refractivity contribution >= 4 is 17.3 Å². The molecule has 1 saturated heterocycles. The zero-order valence-corrected chi connectivity index (χ0v) is 15.4. The summed E-state index contributed by atoms with van der Waals surface area (Å²) in [6.45, 7) is 10.1. The van der Waals surface area contributed by atoms with E-state index in [1.807, 2.05) is 17.0 Å². The first-order valence-electron chi connectivity index (χ1n) is 8.94. The van der Waals surface area contributed by atoms with Crippen molar-refractivity contribution in [1.29, 1.82) is 0 Å². The average Bonchev–Trinajstić information content (AvgIpc) is 2.62. The molecule has 1 N–H and O–H groups in total. The monoisotopic (exact) mass is 337 g/mol. The van der Waals surface area contributed by atoms with Crippen LogP contribution in [0.25, 0.3) is 0 Å². The van der Waals surface area contributed by atoms with Gasteiger partial charge in [0.05, 0.1) is 6.54 Å². The van der Waals surface area contributed by atoms with Crippen LogP contribution in [0.15, 0.2) is 42.5 Å². The molecule has 25 heavy (non-hydrogen) atoms. The highest BCUT2D eigenvalue weighted by Crippen LogP contribution is 2.23. The molecule has 0 aromatic heterocycles. The highest BCUT2D eigenvalue weighted by atomic mass is 16.2. The third-order valence-electron chi connectivity index (χ3n) is 5.01. The number of carbonyl (C=O) groups is 1. The third-order valence-corrected chi connectivity index (χ3v) is 5.01. The zero-order chi connectivity index (χ0) is 17.8. The van der Waals surface area contributed by atoms with Gasteiger partial charge in [-0.2, -0.15) is 0 Å². The van der Waals surface area contributed by atoms with Gasteiger partial charge in [0.15, 0.2) is 0 Å². The first kappa shape index (κ1) is 17.3. The van der Waals surface area contributed by atoms with E-state index >= 15 is 0 Å². The van der Waals surface area contributed by atoms with E-state index in [9.17, 15) is 4.79 Å². The molecule has 132 valence electrons. The molecule has 1 aliphatic rings. The Hall–Kier alpha value is -2.49. The van der Waals surface area contributed by atoms with Crippen molar-refractivity contribution in [1.82, 2.24) is 4.90 Å². The molecule has 4 heteroatoms. The molecule has 0 spiro atoms. The van der Waals surface area contributed by atoms with E-state index in [2.05, 4.69) is 61.3 Å². The molecule has 1 aliphatic heterocycles. The molecule has 1 amide bonds. The highest BCUT2D eigenvalue weighted by molar-refractivity contribution is 5.81. The van der Waals surface area contributed by atoms with Crippen LogP contribution in [0.4, 0.5) is 11.4 Å². The second-order valence-corrected chi connectivity index (χ2v) is 6.81. The number of nitrogens with zero attached hydrogens (tertiary/aromatic N) is 2. The topological polar surface area (TPSA) is 35.6 Å². The van der Waals surface area contributed by atoms with Gasteiger partial charge in [-0.1, -0.05) is 24.3 Å². The van der Waals surface area contributed by atoms with Gasteiger partial charge in [0.1, 0.15) is 0 Å². The van der Waals surface area contributed by atoms with Crippen LogP contribution in [-0.4, -0.2) is 43.5 Å². The fourth-order valence-corrected chi connectivity index (χ4v) is 3.32. The Kier molecular flexibility index (Phi) is 5.27. The predicted octanol–water partition coefficient (Wildman–Crippen LogP) is 3.37. The summed E-state index contributed by atoms with van der Waals surface area (Å²) < 4.78 is 0. The second kappa shape index (κ2) is 7.60. The van der Waals surface area contributed by atoms with Crippen LogP contribution >= 0.6 is 0 Å². The van der Waals surface area contributed by atoms with Crippen molar-refractivity contribution in [2.24, 2.45) is 0 Å². The number of piperazine rings is 1. The molecule has 4 nitrogen and oxygen atoms in total. The van der Waals surface area contributed by atoms with E-state index in [1.54, 1.807) is 0 Å². The van der Waals surface area contributed by atoms with Gasteiger partial charge in [-0.05, 0) is 55.7 Å². The van der Waals surface area contributed by atoms with E-state index in [1.165, 1.54) is 22.4 Å². The summed E-state index contributed by atoms with van der Waals surface area (Å²) in [5.74, 6) is 0.169. The fraction of sp³-hybridized carbons (Fsp3) is 0.381. The number of hydrogen-bond donors (Lipinski definition) is 1. The van der Waals surface area contributed by atoms with Gasteiger partial charge >= 0.3 is 0 Å².